The van der Waals surface area contributed by atoms with Gasteiger partial charge in [0, 0.05) is 11.1 Å². The number of nitrogens with zero attached hydrogens (tertiary/aromatic N) is 1. The van der Waals surface area contributed by atoms with Crippen LogP contribution in [-0.4, -0.2) is 8.42 Å². The fourth-order valence-electron chi connectivity index (χ4n) is 2.99. The molecule has 0 aliphatic rings. The highest BCUT2D eigenvalue weighted by atomic mass is 35.5. The lowest BCUT2D eigenvalue weighted by atomic mass is 10.0. The van der Waals surface area contributed by atoms with E-state index in [1.807, 2.05) is 0 Å². The minimum Gasteiger partial charge on any atom is -0.256 e. The molecule has 3 aromatic carbocycles. The van der Waals surface area contributed by atoms with Crippen LogP contribution in [0.2, 0.25) is 5.02 Å². The number of halogens is 3. The van der Waals surface area contributed by atoms with E-state index in [1.165, 1.54) is 24.3 Å². The van der Waals surface area contributed by atoms with Gasteiger partial charge in [0.2, 0.25) is 0 Å². The van der Waals surface area contributed by atoms with Crippen LogP contribution >= 0.6 is 11.6 Å². The Labute approximate surface area is 168 Å². The van der Waals surface area contributed by atoms with Crippen molar-refractivity contribution >= 4 is 27.3 Å². The van der Waals surface area contributed by atoms with Crippen molar-refractivity contribution in [1.82, 2.24) is 0 Å². The maximum absolute atomic E-state index is 14.6. The fraction of sp³-hybridized carbons (Fsp3) is 0.0952. The maximum Gasteiger partial charge on any atom is 0.264 e. The summed E-state index contributed by atoms with van der Waals surface area (Å²) in [6, 6.07) is 14.3. The van der Waals surface area contributed by atoms with E-state index in [2.05, 4.69) is 6.92 Å². The summed E-state index contributed by atoms with van der Waals surface area (Å²) >= 11 is 5.86. The van der Waals surface area contributed by atoms with Gasteiger partial charge in [-0.15, -0.1) is 0 Å². The zero-order valence-corrected chi connectivity index (χ0v) is 16.5. The Hall–Kier alpha value is -2.44. The van der Waals surface area contributed by atoms with Crippen molar-refractivity contribution in [2.45, 2.75) is 17.9 Å². The van der Waals surface area contributed by atoms with Crippen molar-refractivity contribution in [2.75, 3.05) is 4.31 Å². The second kappa shape index (κ2) is 7.89. The van der Waals surface area contributed by atoms with Gasteiger partial charge in [0.1, 0.15) is 11.6 Å². The molecular formula is C21H17ClF2NO2S. The zero-order valence-electron chi connectivity index (χ0n) is 14.9. The molecule has 0 N–H and O–H groups in total. The highest BCUT2D eigenvalue weighted by Crippen LogP contribution is 2.36. The molecule has 3 nitrogen and oxygen atoms in total. The van der Waals surface area contributed by atoms with Crippen LogP contribution in [0.5, 0.6) is 0 Å². The Balaban J connectivity index is 2.24. The molecule has 0 unspecified atom stereocenters. The van der Waals surface area contributed by atoms with Crippen molar-refractivity contribution in [3.8, 4) is 0 Å². The molecule has 3 rings (SSSR count). The molecule has 0 aromatic heterocycles. The first-order chi connectivity index (χ1) is 13.2. The van der Waals surface area contributed by atoms with Gasteiger partial charge in [-0.3, -0.25) is 4.31 Å². The highest BCUT2D eigenvalue weighted by Gasteiger charge is 2.33. The molecule has 0 aliphatic carbocycles. The van der Waals surface area contributed by atoms with Crippen molar-refractivity contribution < 1.29 is 17.2 Å². The summed E-state index contributed by atoms with van der Waals surface area (Å²) in [6.45, 7) is 5.52. The van der Waals surface area contributed by atoms with Gasteiger partial charge in [-0.2, -0.15) is 0 Å². The standard InChI is InChI=1S/C21H17ClF2NO2S/c1-14-5-3-4-6-19(14)15(2)25(21-13-17(23)9-12-20(21)24)28(26,27)18-10-7-16(22)8-11-18/h3-13,15H,1H2,2H3/t15-/m1/s1. The van der Waals surface area contributed by atoms with Gasteiger partial charge >= 0.3 is 0 Å². The summed E-state index contributed by atoms with van der Waals surface area (Å²) in [7, 11) is -4.23. The lowest BCUT2D eigenvalue weighted by molar-refractivity contribution is 0.570. The van der Waals surface area contributed by atoms with E-state index < -0.39 is 27.7 Å². The van der Waals surface area contributed by atoms with Crippen LogP contribution in [0.15, 0.2) is 71.6 Å². The number of anilines is 1. The van der Waals surface area contributed by atoms with Gasteiger partial charge in [-0.25, -0.2) is 17.2 Å². The summed E-state index contributed by atoms with van der Waals surface area (Å²) in [5.41, 5.74) is 0.775. The van der Waals surface area contributed by atoms with Crippen molar-refractivity contribution in [3.63, 3.8) is 0 Å². The predicted molar refractivity (Wildman–Crippen MR) is 107 cm³/mol. The van der Waals surface area contributed by atoms with Gasteiger partial charge in [0.15, 0.2) is 0 Å². The summed E-state index contributed by atoms with van der Waals surface area (Å²) in [5, 5.41) is 0.360. The van der Waals surface area contributed by atoms with E-state index in [1.54, 1.807) is 31.2 Å². The van der Waals surface area contributed by atoms with Crippen molar-refractivity contribution in [3.05, 3.63) is 101 Å². The van der Waals surface area contributed by atoms with Crippen LogP contribution in [0.25, 0.3) is 0 Å². The summed E-state index contributed by atoms with van der Waals surface area (Å²) < 4.78 is 56.2. The van der Waals surface area contributed by atoms with Gasteiger partial charge in [0.05, 0.1) is 16.6 Å². The van der Waals surface area contributed by atoms with Crippen LogP contribution in [0.1, 0.15) is 24.1 Å². The molecule has 7 heteroatoms. The molecule has 0 fully saturated rings. The van der Waals surface area contributed by atoms with Crippen LogP contribution in [0.4, 0.5) is 14.5 Å². The molecular weight excluding hydrogens is 404 g/mol. The number of hydrogen-bond acceptors (Lipinski definition) is 2. The van der Waals surface area contributed by atoms with E-state index in [0.717, 1.165) is 22.5 Å². The quantitative estimate of drug-likeness (QED) is 0.526. The largest absolute Gasteiger partial charge is 0.264 e. The molecule has 0 amide bonds. The SMILES string of the molecule is [CH2]c1ccccc1[C@@H](C)N(c1cc(F)ccc1F)S(=O)(=O)c1ccc(Cl)cc1. The Kier molecular flexibility index (Phi) is 5.72. The van der Waals surface area contributed by atoms with Crippen LogP contribution in [0, 0.1) is 18.6 Å². The third-order valence-corrected chi connectivity index (χ3v) is 6.52. The van der Waals surface area contributed by atoms with E-state index in [4.69, 9.17) is 11.6 Å². The second-order valence-corrected chi connectivity index (χ2v) is 8.48. The number of hydrogen-bond donors (Lipinski definition) is 0. The van der Waals surface area contributed by atoms with E-state index in [9.17, 15) is 17.2 Å². The molecule has 0 bridgehead atoms. The first-order valence-electron chi connectivity index (χ1n) is 8.38. The molecule has 145 valence electrons. The monoisotopic (exact) mass is 420 g/mol. The Morgan fingerprint density at radius 2 is 1.64 bits per heavy atom. The van der Waals surface area contributed by atoms with E-state index in [0.29, 0.717) is 16.1 Å². The number of rotatable bonds is 5. The molecule has 28 heavy (non-hydrogen) atoms. The minimum atomic E-state index is -4.23. The molecule has 1 radical (unpaired) electrons. The third-order valence-electron chi connectivity index (χ3n) is 4.37. The average Bonchev–Trinajstić information content (AvgIpc) is 2.65. The zero-order chi connectivity index (χ0) is 20.5. The Bertz CT molecular complexity index is 1100. The predicted octanol–water partition coefficient (Wildman–Crippen LogP) is 5.76. The van der Waals surface area contributed by atoms with Crippen molar-refractivity contribution in [1.29, 1.82) is 0 Å². The van der Waals surface area contributed by atoms with Gasteiger partial charge in [0.25, 0.3) is 10.0 Å². The fourth-order valence-corrected chi connectivity index (χ4v) is 4.75. The second-order valence-electron chi connectivity index (χ2n) is 6.23. The maximum atomic E-state index is 14.6. The van der Waals surface area contributed by atoms with Gasteiger partial charge in [-0.1, -0.05) is 35.9 Å². The third kappa shape index (κ3) is 3.88. The lowest BCUT2D eigenvalue weighted by Gasteiger charge is -2.32. The first-order valence-corrected chi connectivity index (χ1v) is 10.2. The van der Waals surface area contributed by atoms with Crippen LogP contribution < -0.4 is 4.31 Å². The molecule has 0 saturated heterocycles. The topological polar surface area (TPSA) is 37.4 Å². The van der Waals surface area contributed by atoms with Crippen LogP contribution in [-0.2, 0) is 10.0 Å². The summed E-state index contributed by atoms with van der Waals surface area (Å²) in [6.07, 6.45) is 0. The molecule has 0 aliphatic heterocycles. The summed E-state index contributed by atoms with van der Waals surface area (Å²) in [4.78, 5) is -0.0889. The lowest BCUT2D eigenvalue weighted by Crippen LogP contribution is -2.34. The molecule has 0 saturated carbocycles. The van der Waals surface area contributed by atoms with Gasteiger partial charge in [-0.05, 0) is 61.4 Å². The molecule has 0 heterocycles. The minimum absolute atomic E-state index is 0.0889. The van der Waals surface area contributed by atoms with Crippen molar-refractivity contribution in [2.24, 2.45) is 0 Å². The molecule has 1 atom stereocenters. The Morgan fingerprint density at radius 1 is 1.00 bits per heavy atom. The molecule has 0 spiro atoms. The normalized spacial score (nSPS) is 12.6. The van der Waals surface area contributed by atoms with E-state index in [-0.39, 0.29) is 10.6 Å². The molecule has 3 aromatic rings. The van der Waals surface area contributed by atoms with Gasteiger partial charge < -0.3 is 0 Å². The average molecular weight is 421 g/mol. The Morgan fingerprint density at radius 3 is 2.29 bits per heavy atom. The van der Waals surface area contributed by atoms with Crippen LogP contribution in [0.3, 0.4) is 0 Å². The first kappa shape index (κ1) is 20.3. The highest BCUT2D eigenvalue weighted by molar-refractivity contribution is 7.92. The number of benzene rings is 3. The smallest absolute Gasteiger partial charge is 0.256 e. The summed E-state index contributed by atoms with van der Waals surface area (Å²) in [5.74, 6) is -1.60. The number of sulfonamides is 1. The van der Waals surface area contributed by atoms with E-state index >= 15 is 0 Å².